The van der Waals surface area contributed by atoms with Crippen LogP contribution in [0.3, 0.4) is 0 Å². The summed E-state index contributed by atoms with van der Waals surface area (Å²) >= 11 is 3.07. The molecule has 0 heterocycles. The van der Waals surface area contributed by atoms with Crippen molar-refractivity contribution in [2.45, 2.75) is 88.6 Å². The SMILES string of the molecule is CC(SCCCCCCCCCCCCSC(C)C(=O)O)C(=O)O. The zero-order valence-electron chi connectivity index (χ0n) is 15.2. The lowest BCUT2D eigenvalue weighted by atomic mass is 10.1. The van der Waals surface area contributed by atoms with E-state index in [0.29, 0.717) is 0 Å². The molecular formula is C18H34O4S2. The van der Waals surface area contributed by atoms with Gasteiger partial charge in [0.2, 0.25) is 0 Å². The molecule has 0 radical (unpaired) electrons. The van der Waals surface area contributed by atoms with Crippen LogP contribution in [0.1, 0.15) is 78.1 Å². The Kier molecular flexibility index (Phi) is 15.9. The zero-order chi connectivity index (χ0) is 18.2. The summed E-state index contributed by atoms with van der Waals surface area (Å²) in [6.45, 7) is 3.50. The summed E-state index contributed by atoms with van der Waals surface area (Å²) < 4.78 is 0. The number of rotatable bonds is 17. The Morgan fingerprint density at radius 2 is 0.875 bits per heavy atom. The Labute approximate surface area is 155 Å². The van der Waals surface area contributed by atoms with Gasteiger partial charge in [-0.2, -0.15) is 0 Å². The van der Waals surface area contributed by atoms with E-state index in [1.165, 1.54) is 74.9 Å². The van der Waals surface area contributed by atoms with E-state index in [9.17, 15) is 9.59 Å². The molecule has 6 heteroatoms. The first-order valence-corrected chi connectivity index (χ1v) is 11.2. The maximum atomic E-state index is 10.7. The van der Waals surface area contributed by atoms with E-state index in [-0.39, 0.29) is 10.5 Å². The summed E-state index contributed by atoms with van der Waals surface area (Å²) in [5.41, 5.74) is 0. The van der Waals surface area contributed by atoms with Gasteiger partial charge in [-0.1, -0.05) is 51.4 Å². The van der Waals surface area contributed by atoms with Crippen LogP contribution in [0.15, 0.2) is 0 Å². The standard InChI is InChI=1S/C18H34O4S2/c1-15(17(19)20)23-13-11-9-7-5-3-4-6-8-10-12-14-24-16(2)18(21)22/h15-16H,3-14H2,1-2H3,(H,19,20)(H,21,22). The van der Waals surface area contributed by atoms with Gasteiger partial charge in [-0.15, -0.1) is 23.5 Å². The minimum absolute atomic E-state index is 0.282. The molecule has 0 aromatic heterocycles. The quantitative estimate of drug-likeness (QED) is 0.335. The summed E-state index contributed by atoms with van der Waals surface area (Å²) in [7, 11) is 0. The first kappa shape index (κ1) is 23.6. The van der Waals surface area contributed by atoms with E-state index >= 15 is 0 Å². The molecule has 4 nitrogen and oxygen atoms in total. The molecule has 0 aromatic rings. The molecule has 0 bridgehead atoms. The smallest absolute Gasteiger partial charge is 0.316 e. The fraction of sp³-hybridized carbons (Fsp3) is 0.889. The molecule has 0 aliphatic heterocycles. The van der Waals surface area contributed by atoms with E-state index in [2.05, 4.69) is 0 Å². The number of hydrogen-bond donors (Lipinski definition) is 2. The third-order valence-corrected chi connectivity index (χ3v) is 6.42. The van der Waals surface area contributed by atoms with Crippen molar-refractivity contribution < 1.29 is 19.8 Å². The Balaban J connectivity index is 3.15. The monoisotopic (exact) mass is 378 g/mol. The first-order chi connectivity index (χ1) is 11.4. The summed E-state index contributed by atoms with van der Waals surface area (Å²) in [6, 6.07) is 0. The molecule has 0 fully saturated rings. The van der Waals surface area contributed by atoms with Crippen molar-refractivity contribution in [2.75, 3.05) is 11.5 Å². The topological polar surface area (TPSA) is 74.6 Å². The highest BCUT2D eigenvalue weighted by Gasteiger charge is 2.10. The second-order valence-corrected chi connectivity index (χ2v) is 9.14. The van der Waals surface area contributed by atoms with Crippen LogP contribution in [-0.4, -0.2) is 44.2 Å². The molecule has 24 heavy (non-hydrogen) atoms. The molecule has 0 saturated carbocycles. The van der Waals surface area contributed by atoms with E-state index in [1.54, 1.807) is 13.8 Å². The van der Waals surface area contributed by atoms with Gasteiger partial charge in [0.25, 0.3) is 0 Å². The highest BCUT2D eigenvalue weighted by molar-refractivity contribution is 8.00. The molecule has 2 atom stereocenters. The number of carboxylic acids is 2. The minimum Gasteiger partial charge on any atom is -0.480 e. The van der Waals surface area contributed by atoms with E-state index < -0.39 is 11.9 Å². The van der Waals surface area contributed by atoms with Crippen molar-refractivity contribution in [3.8, 4) is 0 Å². The van der Waals surface area contributed by atoms with Gasteiger partial charge in [0.1, 0.15) is 0 Å². The average molecular weight is 379 g/mol. The molecule has 2 N–H and O–H groups in total. The molecule has 0 aliphatic rings. The number of carbonyl (C=O) groups is 2. The fourth-order valence-corrected chi connectivity index (χ4v) is 4.01. The predicted molar refractivity (Wildman–Crippen MR) is 105 cm³/mol. The lowest BCUT2D eigenvalue weighted by molar-refractivity contribution is -0.137. The lowest BCUT2D eigenvalue weighted by Crippen LogP contribution is -2.11. The second-order valence-electron chi connectivity index (χ2n) is 6.24. The number of unbranched alkanes of at least 4 members (excludes halogenated alkanes) is 9. The Hall–Kier alpha value is -0.360. The predicted octanol–water partition coefficient (Wildman–Crippen LogP) is 5.30. The van der Waals surface area contributed by atoms with Crippen LogP contribution < -0.4 is 0 Å². The molecule has 0 rings (SSSR count). The highest BCUT2D eigenvalue weighted by Crippen LogP contribution is 2.17. The normalized spacial score (nSPS) is 13.6. The van der Waals surface area contributed by atoms with Gasteiger partial charge in [0.05, 0.1) is 10.5 Å². The number of carboxylic acid groups (broad SMARTS) is 2. The summed E-state index contributed by atoms with van der Waals surface area (Å²) in [5.74, 6) is 0.475. The number of hydrogen-bond acceptors (Lipinski definition) is 4. The first-order valence-electron chi connectivity index (χ1n) is 9.14. The average Bonchev–Trinajstić information content (AvgIpc) is 2.54. The van der Waals surface area contributed by atoms with E-state index in [4.69, 9.17) is 10.2 Å². The summed E-state index contributed by atoms with van der Waals surface area (Å²) in [6.07, 6.45) is 12.3. The van der Waals surface area contributed by atoms with Crippen molar-refractivity contribution in [2.24, 2.45) is 0 Å². The lowest BCUT2D eigenvalue weighted by Gasteiger charge is -2.06. The second kappa shape index (κ2) is 16.1. The van der Waals surface area contributed by atoms with Crippen LogP contribution in [0.5, 0.6) is 0 Å². The Bertz CT molecular complexity index is 305. The van der Waals surface area contributed by atoms with Crippen LogP contribution in [0.2, 0.25) is 0 Å². The van der Waals surface area contributed by atoms with E-state index in [0.717, 1.165) is 24.3 Å². The molecule has 0 spiro atoms. The van der Waals surface area contributed by atoms with Gasteiger partial charge < -0.3 is 10.2 Å². The molecule has 0 saturated heterocycles. The van der Waals surface area contributed by atoms with Gasteiger partial charge in [0, 0.05) is 0 Å². The molecule has 0 aromatic carbocycles. The van der Waals surface area contributed by atoms with Gasteiger partial charge in [-0.3, -0.25) is 9.59 Å². The Morgan fingerprint density at radius 1 is 0.625 bits per heavy atom. The zero-order valence-corrected chi connectivity index (χ0v) is 16.8. The van der Waals surface area contributed by atoms with Crippen molar-refractivity contribution >= 4 is 35.5 Å². The third kappa shape index (κ3) is 15.2. The van der Waals surface area contributed by atoms with Gasteiger partial charge in [-0.05, 0) is 38.2 Å². The van der Waals surface area contributed by atoms with Crippen LogP contribution in [0.25, 0.3) is 0 Å². The third-order valence-electron chi connectivity index (χ3n) is 3.97. The highest BCUT2D eigenvalue weighted by atomic mass is 32.2. The van der Waals surface area contributed by atoms with Crippen LogP contribution in [-0.2, 0) is 9.59 Å². The molecule has 2 unspecified atom stereocenters. The fourth-order valence-electron chi connectivity index (χ4n) is 2.28. The van der Waals surface area contributed by atoms with Crippen molar-refractivity contribution in [3.63, 3.8) is 0 Å². The van der Waals surface area contributed by atoms with E-state index in [1.807, 2.05) is 0 Å². The number of aliphatic carboxylic acids is 2. The molecule has 142 valence electrons. The van der Waals surface area contributed by atoms with Crippen LogP contribution in [0.4, 0.5) is 0 Å². The maximum Gasteiger partial charge on any atom is 0.316 e. The van der Waals surface area contributed by atoms with Crippen LogP contribution in [0, 0.1) is 0 Å². The van der Waals surface area contributed by atoms with Gasteiger partial charge in [-0.25, -0.2) is 0 Å². The maximum absolute atomic E-state index is 10.7. The molecular weight excluding hydrogens is 344 g/mol. The van der Waals surface area contributed by atoms with Crippen molar-refractivity contribution in [1.82, 2.24) is 0 Å². The van der Waals surface area contributed by atoms with Crippen molar-refractivity contribution in [3.05, 3.63) is 0 Å². The largest absolute Gasteiger partial charge is 0.480 e. The summed E-state index contributed by atoms with van der Waals surface area (Å²) in [5, 5.41) is 17.0. The van der Waals surface area contributed by atoms with Crippen molar-refractivity contribution in [1.29, 1.82) is 0 Å². The van der Waals surface area contributed by atoms with Gasteiger partial charge >= 0.3 is 11.9 Å². The minimum atomic E-state index is -0.713. The molecule has 0 amide bonds. The molecule has 0 aliphatic carbocycles. The summed E-state index contributed by atoms with van der Waals surface area (Å²) in [4.78, 5) is 21.3. The Morgan fingerprint density at radius 3 is 1.12 bits per heavy atom. The number of thioether (sulfide) groups is 2. The van der Waals surface area contributed by atoms with Crippen LogP contribution >= 0.6 is 23.5 Å². The van der Waals surface area contributed by atoms with Gasteiger partial charge in [0.15, 0.2) is 0 Å².